The van der Waals surface area contributed by atoms with E-state index in [1.54, 1.807) is 0 Å². The van der Waals surface area contributed by atoms with Gasteiger partial charge in [-0.25, -0.2) is 0 Å². The van der Waals surface area contributed by atoms with Gasteiger partial charge in [0, 0.05) is 15.8 Å². The summed E-state index contributed by atoms with van der Waals surface area (Å²) in [6.07, 6.45) is 2.11. The molecular formula is C15H14BrN3. The number of halogens is 1. The maximum Gasteiger partial charge on any atom is 0.101 e. The Balaban J connectivity index is 2.13. The van der Waals surface area contributed by atoms with E-state index < -0.39 is 0 Å². The van der Waals surface area contributed by atoms with Crippen molar-refractivity contribution in [1.82, 2.24) is 10.3 Å². The lowest BCUT2D eigenvalue weighted by atomic mass is 9.91. The molecule has 1 aromatic carbocycles. The van der Waals surface area contributed by atoms with Gasteiger partial charge in [-0.1, -0.05) is 22.0 Å². The van der Waals surface area contributed by atoms with Gasteiger partial charge in [0.2, 0.25) is 0 Å². The summed E-state index contributed by atoms with van der Waals surface area (Å²) in [4.78, 5) is 4.75. The topological polar surface area (TPSA) is 48.7 Å². The highest BCUT2D eigenvalue weighted by Crippen LogP contribution is 2.29. The van der Waals surface area contributed by atoms with Crippen molar-refractivity contribution in [2.75, 3.05) is 13.1 Å². The monoisotopic (exact) mass is 315 g/mol. The Morgan fingerprint density at radius 2 is 2.05 bits per heavy atom. The Hall–Kier alpha value is -1.44. The first kappa shape index (κ1) is 12.6. The lowest BCUT2D eigenvalue weighted by Crippen LogP contribution is -2.27. The lowest BCUT2D eigenvalue weighted by Gasteiger charge is -2.23. The number of pyridine rings is 1. The first-order valence-electron chi connectivity index (χ1n) is 6.49. The maximum absolute atomic E-state index is 9.35. The molecule has 1 saturated heterocycles. The SMILES string of the molecule is N#Cc1cc2ccc(Br)cc2nc1C1CCNCC1. The van der Waals surface area contributed by atoms with Crippen LogP contribution in [0, 0.1) is 11.3 Å². The van der Waals surface area contributed by atoms with Gasteiger partial charge in [-0.05, 0) is 44.1 Å². The van der Waals surface area contributed by atoms with Crippen molar-refractivity contribution < 1.29 is 0 Å². The van der Waals surface area contributed by atoms with Crippen LogP contribution in [-0.4, -0.2) is 18.1 Å². The van der Waals surface area contributed by atoms with Gasteiger partial charge in [0.05, 0.1) is 16.8 Å². The van der Waals surface area contributed by atoms with Crippen LogP contribution < -0.4 is 5.32 Å². The van der Waals surface area contributed by atoms with Crippen molar-refractivity contribution in [3.8, 4) is 6.07 Å². The molecule has 3 nitrogen and oxygen atoms in total. The summed E-state index contributed by atoms with van der Waals surface area (Å²) in [5.74, 6) is 0.402. The standard InChI is InChI=1S/C15H14BrN3/c16-13-2-1-11-7-12(9-17)15(19-14(11)8-13)10-3-5-18-6-4-10/h1-2,7-8,10,18H,3-6H2. The van der Waals surface area contributed by atoms with E-state index in [0.29, 0.717) is 5.92 Å². The van der Waals surface area contributed by atoms with E-state index >= 15 is 0 Å². The number of rotatable bonds is 1. The quantitative estimate of drug-likeness (QED) is 0.878. The molecule has 0 saturated carbocycles. The first-order chi connectivity index (χ1) is 9.28. The summed E-state index contributed by atoms with van der Waals surface area (Å²) < 4.78 is 1.02. The second-order valence-electron chi connectivity index (χ2n) is 4.89. The van der Waals surface area contributed by atoms with Crippen LogP contribution in [0.5, 0.6) is 0 Å². The summed E-state index contributed by atoms with van der Waals surface area (Å²) in [6, 6.07) is 10.3. The highest BCUT2D eigenvalue weighted by atomic mass is 79.9. The summed E-state index contributed by atoms with van der Waals surface area (Å²) in [6.45, 7) is 2.02. The van der Waals surface area contributed by atoms with Crippen LogP contribution in [0.4, 0.5) is 0 Å². The van der Waals surface area contributed by atoms with E-state index in [1.165, 1.54) is 0 Å². The zero-order valence-electron chi connectivity index (χ0n) is 10.5. The number of aromatic nitrogens is 1. The van der Waals surface area contributed by atoms with Gasteiger partial charge in [0.25, 0.3) is 0 Å². The van der Waals surface area contributed by atoms with Crippen molar-refractivity contribution in [2.45, 2.75) is 18.8 Å². The van der Waals surface area contributed by atoms with Crippen molar-refractivity contribution in [1.29, 1.82) is 5.26 Å². The van der Waals surface area contributed by atoms with Gasteiger partial charge in [0.15, 0.2) is 0 Å². The number of hydrogen-bond acceptors (Lipinski definition) is 3. The Kier molecular flexibility index (Phi) is 3.50. The van der Waals surface area contributed by atoms with Gasteiger partial charge >= 0.3 is 0 Å². The highest BCUT2D eigenvalue weighted by Gasteiger charge is 2.20. The van der Waals surface area contributed by atoms with E-state index in [-0.39, 0.29) is 0 Å². The van der Waals surface area contributed by atoms with Gasteiger partial charge in [0.1, 0.15) is 6.07 Å². The van der Waals surface area contributed by atoms with Crippen molar-refractivity contribution in [2.24, 2.45) is 0 Å². The third-order valence-corrected chi connectivity index (χ3v) is 4.15. The molecule has 2 heterocycles. The fourth-order valence-electron chi connectivity index (χ4n) is 2.65. The summed E-state index contributed by atoms with van der Waals surface area (Å²) >= 11 is 3.47. The van der Waals surface area contributed by atoms with Gasteiger partial charge in [-0.3, -0.25) is 4.98 Å². The van der Waals surface area contributed by atoms with Gasteiger partial charge in [-0.2, -0.15) is 5.26 Å². The Bertz CT molecular complexity index is 654. The minimum Gasteiger partial charge on any atom is -0.317 e. The molecule has 0 amide bonds. The van der Waals surface area contributed by atoms with E-state index in [2.05, 4.69) is 27.3 Å². The van der Waals surface area contributed by atoms with E-state index in [0.717, 1.165) is 52.6 Å². The van der Waals surface area contributed by atoms with Crippen molar-refractivity contribution >= 4 is 26.8 Å². The van der Waals surface area contributed by atoms with Crippen LogP contribution in [0.1, 0.15) is 30.0 Å². The van der Waals surface area contributed by atoms with Crippen molar-refractivity contribution in [3.63, 3.8) is 0 Å². The summed E-state index contributed by atoms with van der Waals surface area (Å²) in [7, 11) is 0. The number of piperidine rings is 1. The van der Waals surface area contributed by atoms with Gasteiger partial charge < -0.3 is 5.32 Å². The lowest BCUT2D eigenvalue weighted by molar-refractivity contribution is 0.453. The fourth-order valence-corrected chi connectivity index (χ4v) is 3.00. The summed E-state index contributed by atoms with van der Waals surface area (Å²) in [5, 5.41) is 13.7. The number of benzene rings is 1. The molecule has 1 fully saturated rings. The molecule has 0 radical (unpaired) electrons. The minimum atomic E-state index is 0.402. The number of nitriles is 1. The molecule has 4 heteroatoms. The molecule has 1 aromatic heterocycles. The molecule has 0 spiro atoms. The van der Waals surface area contributed by atoms with E-state index in [1.807, 2.05) is 24.3 Å². The van der Waals surface area contributed by atoms with E-state index in [9.17, 15) is 5.26 Å². The second-order valence-corrected chi connectivity index (χ2v) is 5.81. The number of nitrogens with zero attached hydrogens (tertiary/aromatic N) is 2. The molecule has 0 bridgehead atoms. The number of nitrogens with one attached hydrogen (secondary N) is 1. The molecule has 19 heavy (non-hydrogen) atoms. The highest BCUT2D eigenvalue weighted by molar-refractivity contribution is 9.10. The summed E-state index contributed by atoms with van der Waals surface area (Å²) in [5.41, 5.74) is 2.65. The van der Waals surface area contributed by atoms with Crippen LogP contribution in [0.25, 0.3) is 10.9 Å². The molecule has 0 aliphatic carbocycles. The van der Waals surface area contributed by atoms with Crippen LogP contribution in [0.3, 0.4) is 0 Å². The smallest absolute Gasteiger partial charge is 0.101 e. The first-order valence-corrected chi connectivity index (χ1v) is 7.28. The molecule has 1 aliphatic heterocycles. The van der Waals surface area contributed by atoms with Crippen LogP contribution in [0.2, 0.25) is 0 Å². The third kappa shape index (κ3) is 2.49. The van der Waals surface area contributed by atoms with Crippen molar-refractivity contribution in [3.05, 3.63) is 40.0 Å². The Morgan fingerprint density at radius 3 is 2.79 bits per heavy atom. The molecule has 1 N–H and O–H groups in total. The maximum atomic E-state index is 9.35. The molecule has 3 rings (SSSR count). The molecule has 96 valence electrons. The Labute approximate surface area is 120 Å². The number of hydrogen-bond donors (Lipinski definition) is 1. The predicted octanol–water partition coefficient (Wildman–Crippen LogP) is 3.34. The van der Waals surface area contributed by atoms with Crippen LogP contribution >= 0.6 is 15.9 Å². The Morgan fingerprint density at radius 1 is 1.26 bits per heavy atom. The fraction of sp³-hybridized carbons (Fsp3) is 0.333. The molecule has 0 unspecified atom stereocenters. The van der Waals surface area contributed by atoms with Crippen LogP contribution in [0.15, 0.2) is 28.7 Å². The third-order valence-electron chi connectivity index (χ3n) is 3.66. The zero-order valence-corrected chi connectivity index (χ0v) is 12.1. The van der Waals surface area contributed by atoms with Gasteiger partial charge in [-0.15, -0.1) is 0 Å². The largest absolute Gasteiger partial charge is 0.317 e. The minimum absolute atomic E-state index is 0.402. The molecule has 1 aliphatic rings. The molecule has 2 aromatic rings. The average Bonchev–Trinajstić information content (AvgIpc) is 2.46. The molecular weight excluding hydrogens is 302 g/mol. The average molecular weight is 316 g/mol. The van der Waals surface area contributed by atoms with E-state index in [4.69, 9.17) is 4.98 Å². The predicted molar refractivity (Wildman–Crippen MR) is 79.0 cm³/mol. The normalized spacial score (nSPS) is 16.4. The molecule has 0 atom stereocenters. The van der Waals surface area contributed by atoms with Crippen LogP contribution in [-0.2, 0) is 0 Å². The number of fused-ring (bicyclic) bond motifs is 1. The zero-order chi connectivity index (χ0) is 13.2. The second kappa shape index (κ2) is 5.28.